The summed E-state index contributed by atoms with van der Waals surface area (Å²) in [5, 5.41) is 9.12. The molecule has 1 saturated carbocycles. The lowest BCUT2D eigenvalue weighted by Crippen LogP contribution is -2.38. The maximum Gasteiger partial charge on any atom is 0.288 e. The van der Waals surface area contributed by atoms with Crippen LogP contribution < -0.4 is 11.1 Å². The SMILES string of the molecule is CCC1CCC(NC(=O)c2nc(N)n[nH]2)CC1. The van der Waals surface area contributed by atoms with Gasteiger partial charge in [-0.2, -0.15) is 4.98 Å². The van der Waals surface area contributed by atoms with E-state index >= 15 is 0 Å². The lowest BCUT2D eigenvalue weighted by Gasteiger charge is -2.28. The van der Waals surface area contributed by atoms with E-state index in [0.717, 1.165) is 18.8 Å². The highest BCUT2D eigenvalue weighted by molar-refractivity contribution is 5.90. The minimum Gasteiger partial charge on any atom is -0.366 e. The van der Waals surface area contributed by atoms with Crippen molar-refractivity contribution in [3.8, 4) is 0 Å². The van der Waals surface area contributed by atoms with E-state index in [-0.39, 0.29) is 23.7 Å². The highest BCUT2D eigenvalue weighted by atomic mass is 16.2. The minimum absolute atomic E-state index is 0.102. The molecule has 1 fully saturated rings. The van der Waals surface area contributed by atoms with Gasteiger partial charge in [0.1, 0.15) is 0 Å². The van der Waals surface area contributed by atoms with E-state index < -0.39 is 0 Å². The summed E-state index contributed by atoms with van der Waals surface area (Å²) in [6.07, 6.45) is 5.72. The van der Waals surface area contributed by atoms with Crippen molar-refractivity contribution < 1.29 is 4.79 Å². The molecule has 6 heteroatoms. The van der Waals surface area contributed by atoms with Gasteiger partial charge in [-0.3, -0.25) is 9.89 Å². The number of carbonyl (C=O) groups is 1. The molecule has 6 nitrogen and oxygen atoms in total. The van der Waals surface area contributed by atoms with Gasteiger partial charge in [0.25, 0.3) is 5.91 Å². The Hall–Kier alpha value is -1.59. The molecule has 17 heavy (non-hydrogen) atoms. The molecule has 0 aromatic carbocycles. The molecule has 1 aromatic rings. The van der Waals surface area contributed by atoms with Crippen LogP contribution in [0.15, 0.2) is 0 Å². The van der Waals surface area contributed by atoms with Gasteiger partial charge in [-0.25, -0.2) is 0 Å². The molecule has 1 aliphatic rings. The molecule has 94 valence electrons. The number of H-pyrrole nitrogens is 1. The first-order valence-corrected chi connectivity index (χ1v) is 6.17. The molecule has 0 radical (unpaired) electrons. The standard InChI is InChI=1S/C11H19N5O/c1-2-7-3-5-8(6-4-7)13-10(17)9-14-11(12)16-15-9/h7-8H,2-6H2,1H3,(H,13,17)(H3,12,14,15,16). The number of hydrogen-bond donors (Lipinski definition) is 3. The summed E-state index contributed by atoms with van der Waals surface area (Å²) in [6.45, 7) is 2.22. The topological polar surface area (TPSA) is 96.7 Å². The number of nitrogens with two attached hydrogens (primary N) is 1. The number of nitrogen functional groups attached to an aromatic ring is 1. The zero-order chi connectivity index (χ0) is 12.3. The minimum atomic E-state index is -0.214. The Labute approximate surface area is 100 Å². The summed E-state index contributed by atoms with van der Waals surface area (Å²) in [4.78, 5) is 15.6. The van der Waals surface area contributed by atoms with Crippen LogP contribution in [0.2, 0.25) is 0 Å². The van der Waals surface area contributed by atoms with Gasteiger partial charge < -0.3 is 11.1 Å². The van der Waals surface area contributed by atoms with E-state index in [2.05, 4.69) is 27.4 Å². The van der Waals surface area contributed by atoms with Crippen LogP contribution in [0.4, 0.5) is 5.95 Å². The van der Waals surface area contributed by atoms with Crippen LogP contribution in [0.25, 0.3) is 0 Å². The summed E-state index contributed by atoms with van der Waals surface area (Å²) in [6, 6.07) is 0.261. The smallest absolute Gasteiger partial charge is 0.288 e. The van der Waals surface area contributed by atoms with E-state index in [9.17, 15) is 4.79 Å². The van der Waals surface area contributed by atoms with Crippen molar-refractivity contribution in [3.05, 3.63) is 5.82 Å². The Morgan fingerprint density at radius 2 is 2.18 bits per heavy atom. The van der Waals surface area contributed by atoms with Crippen LogP contribution in [0.3, 0.4) is 0 Å². The summed E-state index contributed by atoms with van der Waals surface area (Å²) in [5.74, 6) is 0.906. The van der Waals surface area contributed by atoms with E-state index in [1.54, 1.807) is 0 Å². The van der Waals surface area contributed by atoms with Crippen LogP contribution in [0, 0.1) is 5.92 Å². The van der Waals surface area contributed by atoms with E-state index in [0.29, 0.717) is 0 Å². The summed E-state index contributed by atoms with van der Waals surface area (Å²) >= 11 is 0. The molecule has 1 heterocycles. The zero-order valence-corrected chi connectivity index (χ0v) is 10.1. The zero-order valence-electron chi connectivity index (χ0n) is 10.1. The molecule has 1 aliphatic carbocycles. The molecule has 4 N–H and O–H groups in total. The first kappa shape index (κ1) is 11.9. The van der Waals surface area contributed by atoms with Gasteiger partial charge >= 0.3 is 0 Å². The summed E-state index contributed by atoms with van der Waals surface area (Å²) in [7, 11) is 0. The maximum atomic E-state index is 11.8. The Morgan fingerprint density at radius 1 is 1.47 bits per heavy atom. The molecule has 0 spiro atoms. The van der Waals surface area contributed by atoms with Crippen molar-refractivity contribution in [3.63, 3.8) is 0 Å². The molecule has 2 rings (SSSR count). The van der Waals surface area contributed by atoms with Crippen molar-refractivity contribution >= 4 is 11.9 Å². The van der Waals surface area contributed by atoms with E-state index in [1.807, 2.05) is 0 Å². The monoisotopic (exact) mass is 237 g/mol. The number of nitrogens with one attached hydrogen (secondary N) is 2. The summed E-state index contributed by atoms with van der Waals surface area (Å²) < 4.78 is 0. The third kappa shape index (κ3) is 2.95. The molecular formula is C11H19N5O. The highest BCUT2D eigenvalue weighted by Gasteiger charge is 2.22. The predicted molar refractivity (Wildman–Crippen MR) is 64.3 cm³/mol. The molecule has 0 aliphatic heterocycles. The predicted octanol–water partition coefficient (Wildman–Crippen LogP) is 1.09. The maximum absolute atomic E-state index is 11.8. The number of carbonyl (C=O) groups excluding carboxylic acids is 1. The van der Waals surface area contributed by atoms with Crippen LogP contribution >= 0.6 is 0 Å². The highest BCUT2D eigenvalue weighted by Crippen LogP contribution is 2.26. The molecule has 0 bridgehead atoms. The summed E-state index contributed by atoms with van der Waals surface area (Å²) in [5.41, 5.74) is 5.35. The third-order valence-electron chi connectivity index (χ3n) is 3.48. The first-order chi connectivity index (χ1) is 8.19. The van der Waals surface area contributed by atoms with Crippen molar-refractivity contribution in [1.82, 2.24) is 20.5 Å². The quantitative estimate of drug-likeness (QED) is 0.733. The van der Waals surface area contributed by atoms with Crippen molar-refractivity contribution in [1.29, 1.82) is 0 Å². The second-order valence-electron chi connectivity index (χ2n) is 4.64. The lowest BCUT2D eigenvalue weighted by molar-refractivity contribution is 0.0911. The molecular weight excluding hydrogens is 218 g/mol. The van der Waals surface area contributed by atoms with Crippen LogP contribution in [-0.4, -0.2) is 27.1 Å². The number of anilines is 1. The molecule has 0 saturated heterocycles. The second-order valence-corrected chi connectivity index (χ2v) is 4.64. The average Bonchev–Trinajstić information content (AvgIpc) is 2.77. The second kappa shape index (κ2) is 5.16. The van der Waals surface area contributed by atoms with Gasteiger partial charge in [-0.1, -0.05) is 13.3 Å². The lowest BCUT2D eigenvalue weighted by atomic mass is 9.84. The largest absolute Gasteiger partial charge is 0.366 e. The number of aromatic amines is 1. The number of hydrogen-bond acceptors (Lipinski definition) is 4. The average molecular weight is 237 g/mol. The Kier molecular flexibility index (Phi) is 3.61. The third-order valence-corrected chi connectivity index (χ3v) is 3.48. The fourth-order valence-electron chi connectivity index (χ4n) is 2.35. The van der Waals surface area contributed by atoms with Crippen molar-refractivity contribution in [2.75, 3.05) is 5.73 Å². The van der Waals surface area contributed by atoms with Gasteiger partial charge in [0.15, 0.2) is 0 Å². The molecule has 0 atom stereocenters. The Balaban J connectivity index is 1.84. The Morgan fingerprint density at radius 3 is 2.71 bits per heavy atom. The number of rotatable bonds is 3. The van der Waals surface area contributed by atoms with Gasteiger partial charge in [-0.15, -0.1) is 5.10 Å². The van der Waals surface area contributed by atoms with Gasteiger partial charge in [0.05, 0.1) is 0 Å². The van der Waals surface area contributed by atoms with Gasteiger partial charge in [-0.05, 0) is 31.6 Å². The van der Waals surface area contributed by atoms with E-state index in [4.69, 9.17) is 5.73 Å². The number of amides is 1. The number of aromatic nitrogens is 3. The molecule has 0 unspecified atom stereocenters. The normalized spacial score (nSPS) is 24.5. The van der Waals surface area contributed by atoms with Gasteiger partial charge in [0.2, 0.25) is 11.8 Å². The molecule has 1 amide bonds. The van der Waals surface area contributed by atoms with Crippen LogP contribution in [-0.2, 0) is 0 Å². The van der Waals surface area contributed by atoms with Crippen LogP contribution in [0.5, 0.6) is 0 Å². The Bertz CT molecular complexity index is 381. The number of nitrogens with zero attached hydrogens (tertiary/aromatic N) is 2. The fourth-order valence-corrected chi connectivity index (χ4v) is 2.35. The van der Waals surface area contributed by atoms with Crippen LogP contribution in [0.1, 0.15) is 49.6 Å². The van der Waals surface area contributed by atoms with E-state index in [1.165, 1.54) is 19.3 Å². The van der Waals surface area contributed by atoms with Crippen molar-refractivity contribution in [2.45, 2.75) is 45.1 Å². The molecule has 1 aromatic heterocycles. The fraction of sp³-hybridized carbons (Fsp3) is 0.727. The van der Waals surface area contributed by atoms with Gasteiger partial charge in [0, 0.05) is 6.04 Å². The first-order valence-electron chi connectivity index (χ1n) is 6.17. The van der Waals surface area contributed by atoms with Crippen molar-refractivity contribution in [2.24, 2.45) is 5.92 Å².